The lowest BCUT2D eigenvalue weighted by Gasteiger charge is -2.21. The summed E-state index contributed by atoms with van der Waals surface area (Å²) >= 11 is 0. The van der Waals surface area contributed by atoms with Crippen molar-refractivity contribution in [2.45, 2.75) is 45.2 Å². The van der Waals surface area contributed by atoms with E-state index in [0.717, 1.165) is 31.5 Å². The van der Waals surface area contributed by atoms with Crippen LogP contribution in [0.25, 0.3) is 11.3 Å². The lowest BCUT2D eigenvalue weighted by Crippen LogP contribution is -2.31. The predicted molar refractivity (Wildman–Crippen MR) is 78.0 cm³/mol. The summed E-state index contributed by atoms with van der Waals surface area (Å²) < 4.78 is 2.21. The first-order valence-corrected chi connectivity index (χ1v) is 7.17. The molecule has 0 amide bonds. The van der Waals surface area contributed by atoms with E-state index in [1.54, 1.807) is 0 Å². The molecule has 0 aliphatic carbocycles. The van der Waals surface area contributed by atoms with Gasteiger partial charge in [0.2, 0.25) is 0 Å². The summed E-state index contributed by atoms with van der Waals surface area (Å²) in [5, 5.41) is 0. The van der Waals surface area contributed by atoms with Crippen LogP contribution in [0.5, 0.6) is 0 Å². The standard InChI is InChI=1S/C16H21N3/c1-2-3-12-4-6-13(7-5-12)16-15-9-8-14(17)10-19(15)11-18-16/h4-7,11,14H,2-3,8-10,17H2,1H3. The second-order valence-electron chi connectivity index (χ2n) is 5.44. The molecule has 1 aliphatic heterocycles. The minimum Gasteiger partial charge on any atom is -0.332 e. The summed E-state index contributed by atoms with van der Waals surface area (Å²) in [6, 6.07) is 9.12. The molecule has 0 fully saturated rings. The van der Waals surface area contributed by atoms with Gasteiger partial charge in [-0.2, -0.15) is 0 Å². The monoisotopic (exact) mass is 255 g/mol. The van der Waals surface area contributed by atoms with Crippen molar-refractivity contribution in [3.05, 3.63) is 41.9 Å². The van der Waals surface area contributed by atoms with E-state index in [0.29, 0.717) is 0 Å². The third-order valence-corrected chi connectivity index (χ3v) is 3.90. The second-order valence-corrected chi connectivity index (χ2v) is 5.44. The molecular formula is C16H21N3. The van der Waals surface area contributed by atoms with Crippen molar-refractivity contribution in [3.8, 4) is 11.3 Å². The van der Waals surface area contributed by atoms with Gasteiger partial charge in [-0.1, -0.05) is 37.6 Å². The summed E-state index contributed by atoms with van der Waals surface area (Å²) in [5.74, 6) is 0. The molecule has 1 aromatic heterocycles. The maximum atomic E-state index is 6.00. The minimum absolute atomic E-state index is 0.279. The third kappa shape index (κ3) is 2.43. The van der Waals surface area contributed by atoms with E-state index in [1.807, 2.05) is 6.33 Å². The highest BCUT2D eigenvalue weighted by molar-refractivity contribution is 5.62. The fourth-order valence-electron chi connectivity index (χ4n) is 2.85. The maximum absolute atomic E-state index is 6.00. The number of hydrogen-bond donors (Lipinski definition) is 1. The number of rotatable bonds is 3. The van der Waals surface area contributed by atoms with Gasteiger partial charge >= 0.3 is 0 Å². The van der Waals surface area contributed by atoms with Gasteiger partial charge in [0.05, 0.1) is 12.0 Å². The quantitative estimate of drug-likeness (QED) is 0.916. The number of fused-ring (bicyclic) bond motifs is 1. The van der Waals surface area contributed by atoms with Gasteiger partial charge in [0.1, 0.15) is 0 Å². The fourth-order valence-corrected chi connectivity index (χ4v) is 2.85. The zero-order valence-corrected chi connectivity index (χ0v) is 11.5. The van der Waals surface area contributed by atoms with E-state index in [-0.39, 0.29) is 6.04 Å². The predicted octanol–water partition coefficient (Wildman–Crippen LogP) is 2.78. The van der Waals surface area contributed by atoms with Crippen molar-refractivity contribution in [2.75, 3.05) is 0 Å². The first-order valence-electron chi connectivity index (χ1n) is 7.17. The molecule has 1 unspecified atom stereocenters. The van der Waals surface area contributed by atoms with Crippen LogP contribution in [0.3, 0.4) is 0 Å². The van der Waals surface area contributed by atoms with Gasteiger partial charge in [-0.25, -0.2) is 4.98 Å². The Balaban J connectivity index is 1.90. The molecule has 1 aromatic carbocycles. The Labute approximate surface area is 114 Å². The van der Waals surface area contributed by atoms with E-state index < -0.39 is 0 Å². The molecule has 0 saturated carbocycles. The van der Waals surface area contributed by atoms with Crippen LogP contribution in [0, 0.1) is 0 Å². The largest absolute Gasteiger partial charge is 0.332 e. The number of nitrogens with two attached hydrogens (primary N) is 1. The summed E-state index contributed by atoms with van der Waals surface area (Å²) in [6.07, 6.45) is 6.37. The van der Waals surface area contributed by atoms with Crippen molar-refractivity contribution in [2.24, 2.45) is 5.73 Å². The summed E-state index contributed by atoms with van der Waals surface area (Å²) in [6.45, 7) is 3.11. The lowest BCUT2D eigenvalue weighted by molar-refractivity contribution is 0.461. The Hall–Kier alpha value is -1.61. The highest BCUT2D eigenvalue weighted by Gasteiger charge is 2.19. The molecular weight excluding hydrogens is 234 g/mol. The molecule has 100 valence electrons. The Morgan fingerprint density at radius 3 is 2.84 bits per heavy atom. The number of benzene rings is 1. The molecule has 3 heteroatoms. The molecule has 19 heavy (non-hydrogen) atoms. The number of hydrogen-bond acceptors (Lipinski definition) is 2. The van der Waals surface area contributed by atoms with Crippen molar-refractivity contribution in [1.82, 2.24) is 9.55 Å². The van der Waals surface area contributed by atoms with Crippen LogP contribution in [0.4, 0.5) is 0 Å². The molecule has 2 heterocycles. The van der Waals surface area contributed by atoms with Gasteiger partial charge in [-0.15, -0.1) is 0 Å². The molecule has 1 aliphatic rings. The molecule has 2 aromatic rings. The van der Waals surface area contributed by atoms with Gasteiger partial charge in [-0.3, -0.25) is 0 Å². The second kappa shape index (κ2) is 5.17. The Kier molecular flexibility index (Phi) is 3.38. The third-order valence-electron chi connectivity index (χ3n) is 3.90. The normalized spacial score (nSPS) is 18.3. The number of imidazole rings is 1. The Morgan fingerprint density at radius 1 is 1.32 bits per heavy atom. The molecule has 2 N–H and O–H groups in total. The van der Waals surface area contributed by atoms with E-state index >= 15 is 0 Å². The zero-order chi connectivity index (χ0) is 13.2. The number of aromatic nitrogens is 2. The lowest BCUT2D eigenvalue weighted by atomic mass is 10.0. The van der Waals surface area contributed by atoms with Crippen LogP contribution in [-0.2, 0) is 19.4 Å². The van der Waals surface area contributed by atoms with E-state index in [1.165, 1.54) is 23.2 Å². The van der Waals surface area contributed by atoms with Crippen LogP contribution < -0.4 is 5.73 Å². The average molecular weight is 255 g/mol. The average Bonchev–Trinajstić information content (AvgIpc) is 2.83. The van der Waals surface area contributed by atoms with Crippen LogP contribution in [0.15, 0.2) is 30.6 Å². The highest BCUT2D eigenvalue weighted by Crippen LogP contribution is 2.26. The van der Waals surface area contributed by atoms with Gasteiger partial charge in [-0.05, 0) is 24.8 Å². The highest BCUT2D eigenvalue weighted by atomic mass is 15.1. The van der Waals surface area contributed by atoms with Crippen molar-refractivity contribution in [3.63, 3.8) is 0 Å². The summed E-state index contributed by atoms with van der Waals surface area (Å²) in [4.78, 5) is 4.59. The van der Waals surface area contributed by atoms with Crippen LogP contribution in [0.1, 0.15) is 31.0 Å². The van der Waals surface area contributed by atoms with E-state index in [2.05, 4.69) is 40.7 Å². The minimum atomic E-state index is 0.279. The number of nitrogens with zero attached hydrogens (tertiary/aromatic N) is 2. The maximum Gasteiger partial charge on any atom is 0.0956 e. The SMILES string of the molecule is CCCc1ccc(-c2ncn3c2CCC(N)C3)cc1. The summed E-state index contributed by atoms with van der Waals surface area (Å²) in [5.41, 5.74) is 11.1. The first-order chi connectivity index (χ1) is 9.28. The van der Waals surface area contributed by atoms with Crippen molar-refractivity contribution >= 4 is 0 Å². The van der Waals surface area contributed by atoms with Crippen LogP contribution >= 0.6 is 0 Å². The van der Waals surface area contributed by atoms with Crippen molar-refractivity contribution < 1.29 is 0 Å². The zero-order valence-electron chi connectivity index (χ0n) is 11.5. The smallest absolute Gasteiger partial charge is 0.0956 e. The number of aryl methyl sites for hydroxylation is 1. The Bertz CT molecular complexity index is 554. The summed E-state index contributed by atoms with van der Waals surface area (Å²) in [7, 11) is 0. The molecule has 0 spiro atoms. The molecule has 0 radical (unpaired) electrons. The van der Waals surface area contributed by atoms with Crippen molar-refractivity contribution in [1.29, 1.82) is 0 Å². The van der Waals surface area contributed by atoms with Crippen LogP contribution in [-0.4, -0.2) is 15.6 Å². The molecule has 0 saturated heterocycles. The van der Waals surface area contributed by atoms with E-state index in [9.17, 15) is 0 Å². The van der Waals surface area contributed by atoms with Gasteiger partial charge in [0.15, 0.2) is 0 Å². The molecule has 1 atom stereocenters. The topological polar surface area (TPSA) is 43.8 Å². The van der Waals surface area contributed by atoms with Gasteiger partial charge < -0.3 is 10.3 Å². The molecule has 3 rings (SSSR count). The van der Waals surface area contributed by atoms with Gasteiger partial charge in [0, 0.05) is 23.8 Å². The van der Waals surface area contributed by atoms with Crippen LogP contribution in [0.2, 0.25) is 0 Å². The molecule has 3 nitrogen and oxygen atoms in total. The fraction of sp³-hybridized carbons (Fsp3) is 0.438. The molecule has 0 bridgehead atoms. The Morgan fingerprint density at radius 2 is 2.11 bits per heavy atom. The first kappa shape index (κ1) is 12.4. The van der Waals surface area contributed by atoms with Gasteiger partial charge in [0.25, 0.3) is 0 Å². The van der Waals surface area contributed by atoms with E-state index in [4.69, 9.17) is 5.73 Å².